The third kappa shape index (κ3) is 9.86. The number of anilines is 2. The largest absolute Gasteiger partial charge is 0.376 e. The van der Waals surface area contributed by atoms with Crippen LogP contribution >= 0.6 is 22.9 Å². The zero-order chi connectivity index (χ0) is 36.2. The van der Waals surface area contributed by atoms with E-state index in [1.54, 1.807) is 42.2 Å². The Morgan fingerprint density at radius 2 is 1.64 bits per heavy atom. The number of amides is 2. The molecule has 2 heterocycles. The number of unbranched alkanes of at least 4 members (excludes halogenated alkanes) is 5. The van der Waals surface area contributed by atoms with Crippen molar-refractivity contribution in [2.45, 2.75) is 78.3 Å². The molecule has 0 spiro atoms. The Morgan fingerprint density at radius 3 is 2.26 bits per heavy atom. The molecule has 0 fully saturated rings. The number of aryl methyl sites for hydroxylation is 1. The second-order valence-corrected chi connectivity index (χ2v) is 14.0. The third-order valence-electron chi connectivity index (χ3n) is 8.71. The average Bonchev–Trinajstić information content (AvgIpc) is 3.31. The van der Waals surface area contributed by atoms with Crippen molar-refractivity contribution in [3.8, 4) is 0 Å². The molecule has 2 aromatic carbocycles. The topological polar surface area (TPSA) is 177 Å². The lowest BCUT2D eigenvalue weighted by atomic mass is 9.99. The number of fused-ring (bicyclic) bond motifs is 1. The first-order valence-electron chi connectivity index (χ1n) is 17.0. The van der Waals surface area contributed by atoms with E-state index in [4.69, 9.17) is 33.1 Å². The summed E-state index contributed by atoms with van der Waals surface area (Å²) in [6.45, 7) is 7.15. The lowest BCUT2D eigenvalue weighted by Gasteiger charge is -2.24. The van der Waals surface area contributed by atoms with Gasteiger partial charge in [0.15, 0.2) is 0 Å². The fourth-order valence-electron chi connectivity index (χ4n) is 5.89. The second kappa shape index (κ2) is 18.6. The smallest absolute Gasteiger partial charge is 0.239 e. The SMILES string of the molecule is CC(=N)N1C(=N)[C@H](CC(=O)NCCCCCCCCNC(=O)CNc2cccc(C=O)c2CN)N=C(c2ccc(Cl)cc2)c2c1sc(C)c2C. The van der Waals surface area contributed by atoms with Crippen molar-refractivity contribution in [1.29, 1.82) is 10.8 Å². The number of nitrogens with two attached hydrogens (primary N) is 1. The molecule has 1 aromatic heterocycles. The van der Waals surface area contributed by atoms with Crippen LogP contribution in [0.5, 0.6) is 0 Å². The van der Waals surface area contributed by atoms with E-state index in [9.17, 15) is 14.4 Å². The molecule has 0 bridgehead atoms. The molecule has 11 nitrogen and oxygen atoms in total. The molecule has 1 atom stereocenters. The summed E-state index contributed by atoms with van der Waals surface area (Å²) in [4.78, 5) is 44.3. The Hall–Kier alpha value is -4.39. The molecule has 0 saturated carbocycles. The average molecular weight is 719 g/mol. The molecular weight excluding hydrogens is 672 g/mol. The van der Waals surface area contributed by atoms with Crippen molar-refractivity contribution < 1.29 is 14.4 Å². The van der Waals surface area contributed by atoms with Gasteiger partial charge in [-0.1, -0.05) is 61.5 Å². The van der Waals surface area contributed by atoms with Gasteiger partial charge in [0, 0.05) is 51.9 Å². The standard InChI is InChI=1S/C37H47ClN8O3S/c1-23-24(2)50-37-34(23)35(26-13-15-28(38)16-14-26)45-31(36(41)46(37)25(3)40)19-32(48)42-17-8-6-4-5-7-9-18-43-33(49)21-44-30-12-10-11-27(22-47)29(30)20-39/h10-16,22,31,40-41,44H,4-9,17-21,39H2,1-3H3,(H,42,48)(H,43,49)/t31-/m0/s1. The predicted molar refractivity (Wildman–Crippen MR) is 205 cm³/mol. The summed E-state index contributed by atoms with van der Waals surface area (Å²) >= 11 is 7.70. The van der Waals surface area contributed by atoms with E-state index >= 15 is 0 Å². The highest BCUT2D eigenvalue weighted by Gasteiger charge is 2.34. The highest BCUT2D eigenvalue weighted by atomic mass is 35.5. The van der Waals surface area contributed by atoms with Gasteiger partial charge in [-0.15, -0.1) is 11.3 Å². The number of amidine groups is 2. The van der Waals surface area contributed by atoms with Crippen LogP contribution in [-0.4, -0.2) is 61.2 Å². The molecule has 7 N–H and O–H groups in total. The molecule has 0 unspecified atom stereocenters. The van der Waals surface area contributed by atoms with Crippen molar-refractivity contribution in [3.05, 3.63) is 80.2 Å². The van der Waals surface area contributed by atoms with E-state index in [2.05, 4.69) is 16.0 Å². The zero-order valence-electron chi connectivity index (χ0n) is 29.0. The van der Waals surface area contributed by atoms with E-state index in [1.165, 1.54) is 11.3 Å². The van der Waals surface area contributed by atoms with Crippen LogP contribution in [0, 0.1) is 24.7 Å². The van der Waals surface area contributed by atoms with Crippen molar-refractivity contribution in [1.82, 2.24) is 10.6 Å². The fourth-order valence-corrected chi connectivity index (χ4v) is 7.24. The molecule has 2 amide bonds. The Bertz CT molecular complexity index is 1740. The highest BCUT2D eigenvalue weighted by molar-refractivity contribution is 7.17. The van der Waals surface area contributed by atoms with Gasteiger partial charge in [-0.2, -0.15) is 0 Å². The molecule has 1 aliphatic rings. The number of aliphatic imine (C=N–C) groups is 1. The van der Waals surface area contributed by atoms with Crippen LogP contribution in [-0.2, 0) is 16.1 Å². The molecule has 3 aromatic rings. The number of hydrogen-bond acceptors (Lipinski definition) is 9. The van der Waals surface area contributed by atoms with Crippen molar-refractivity contribution in [2.75, 3.05) is 29.9 Å². The van der Waals surface area contributed by atoms with Crippen molar-refractivity contribution >= 4 is 69.1 Å². The highest BCUT2D eigenvalue weighted by Crippen LogP contribution is 2.40. The van der Waals surface area contributed by atoms with Crippen LogP contribution in [0.2, 0.25) is 5.02 Å². The molecule has 0 aliphatic carbocycles. The van der Waals surface area contributed by atoms with Gasteiger partial charge in [0.2, 0.25) is 11.8 Å². The molecule has 50 heavy (non-hydrogen) atoms. The lowest BCUT2D eigenvalue weighted by molar-refractivity contribution is -0.121. The fraction of sp³-hybridized carbons (Fsp3) is 0.405. The number of nitrogens with zero attached hydrogens (tertiary/aromatic N) is 2. The van der Waals surface area contributed by atoms with Crippen LogP contribution in [0.15, 0.2) is 47.5 Å². The number of benzene rings is 2. The summed E-state index contributed by atoms with van der Waals surface area (Å²) in [6, 6.07) is 11.9. The van der Waals surface area contributed by atoms with Gasteiger partial charge < -0.3 is 21.7 Å². The van der Waals surface area contributed by atoms with E-state index in [0.29, 0.717) is 40.6 Å². The summed E-state index contributed by atoms with van der Waals surface area (Å²) in [5.41, 5.74) is 11.1. The lowest BCUT2D eigenvalue weighted by Crippen LogP contribution is -2.42. The molecular formula is C37H47ClN8O3S. The van der Waals surface area contributed by atoms with E-state index in [1.807, 2.05) is 26.0 Å². The van der Waals surface area contributed by atoms with E-state index in [0.717, 1.165) is 71.4 Å². The summed E-state index contributed by atoms with van der Waals surface area (Å²) in [5.74, 6) is 0.0137. The minimum absolute atomic E-state index is 0.00717. The van der Waals surface area contributed by atoms with Gasteiger partial charge in [0.05, 0.1) is 18.7 Å². The van der Waals surface area contributed by atoms with Crippen LogP contribution in [0.4, 0.5) is 10.7 Å². The van der Waals surface area contributed by atoms with Gasteiger partial charge in [0.25, 0.3) is 0 Å². The zero-order valence-corrected chi connectivity index (χ0v) is 30.5. The first-order valence-corrected chi connectivity index (χ1v) is 18.2. The minimum atomic E-state index is -0.756. The minimum Gasteiger partial charge on any atom is -0.376 e. The maximum atomic E-state index is 13.1. The van der Waals surface area contributed by atoms with Gasteiger partial charge in [-0.3, -0.25) is 35.1 Å². The number of carbonyl (C=O) groups is 3. The van der Waals surface area contributed by atoms with Crippen LogP contribution in [0.3, 0.4) is 0 Å². The summed E-state index contributed by atoms with van der Waals surface area (Å²) in [5, 5.41) is 27.9. The second-order valence-electron chi connectivity index (χ2n) is 12.3. The first-order chi connectivity index (χ1) is 24.0. The summed E-state index contributed by atoms with van der Waals surface area (Å²) in [6.07, 6.45) is 6.50. The Labute approximate surface area is 303 Å². The monoisotopic (exact) mass is 718 g/mol. The number of nitrogens with one attached hydrogen (secondary N) is 5. The number of rotatable bonds is 17. The molecule has 266 valence electrons. The van der Waals surface area contributed by atoms with Gasteiger partial charge in [0.1, 0.15) is 29.0 Å². The number of hydrogen-bond donors (Lipinski definition) is 6. The van der Waals surface area contributed by atoms with Crippen molar-refractivity contribution in [2.24, 2.45) is 10.7 Å². The maximum Gasteiger partial charge on any atom is 0.239 e. The van der Waals surface area contributed by atoms with Gasteiger partial charge >= 0.3 is 0 Å². The number of aldehydes is 1. The molecule has 4 rings (SSSR count). The van der Waals surface area contributed by atoms with Crippen LogP contribution in [0.25, 0.3) is 0 Å². The van der Waals surface area contributed by atoms with E-state index in [-0.39, 0.29) is 43.0 Å². The number of halogens is 1. The molecule has 0 radical (unpaired) electrons. The molecule has 0 saturated heterocycles. The molecule has 13 heteroatoms. The van der Waals surface area contributed by atoms with Crippen molar-refractivity contribution in [3.63, 3.8) is 0 Å². The van der Waals surface area contributed by atoms with Crippen LogP contribution < -0.4 is 26.6 Å². The maximum absolute atomic E-state index is 13.1. The van der Waals surface area contributed by atoms with Gasteiger partial charge in [-0.25, -0.2) is 0 Å². The third-order valence-corrected chi connectivity index (χ3v) is 10.2. The Balaban J connectivity index is 1.19. The molecule has 1 aliphatic heterocycles. The van der Waals surface area contributed by atoms with Crippen LogP contribution in [0.1, 0.15) is 89.4 Å². The normalized spacial score (nSPS) is 14.0. The number of carbonyl (C=O) groups excluding carboxylic acids is 3. The Kier molecular flexibility index (Phi) is 14.3. The Morgan fingerprint density at radius 1 is 1.00 bits per heavy atom. The predicted octanol–water partition coefficient (Wildman–Crippen LogP) is 6.37. The summed E-state index contributed by atoms with van der Waals surface area (Å²) in [7, 11) is 0. The summed E-state index contributed by atoms with van der Waals surface area (Å²) < 4.78 is 0. The van der Waals surface area contributed by atoms with E-state index < -0.39 is 6.04 Å². The number of thiophene rings is 1. The quantitative estimate of drug-likeness (QED) is 0.0409. The first kappa shape index (κ1) is 38.4. The van der Waals surface area contributed by atoms with Gasteiger partial charge in [-0.05, 0) is 62.9 Å².